The van der Waals surface area contributed by atoms with Gasteiger partial charge in [-0.1, -0.05) is 42.5 Å². The lowest BCUT2D eigenvalue weighted by Crippen LogP contribution is -2.50. The summed E-state index contributed by atoms with van der Waals surface area (Å²) < 4.78 is 85.6. The van der Waals surface area contributed by atoms with Crippen LogP contribution in [0.4, 0.5) is 26.3 Å². The molecule has 2 aromatic carbocycles. The maximum absolute atomic E-state index is 13.6. The molecule has 3 atom stereocenters. The van der Waals surface area contributed by atoms with Crippen molar-refractivity contribution in [2.24, 2.45) is 0 Å². The molecule has 1 aliphatic carbocycles. The molecular weight excluding hydrogens is 552 g/mol. The summed E-state index contributed by atoms with van der Waals surface area (Å²) in [5, 5.41) is 2.64. The number of ether oxygens (including phenoxy) is 1. The summed E-state index contributed by atoms with van der Waals surface area (Å²) in [5.41, 5.74) is -0.213. The highest BCUT2D eigenvalue weighted by atomic mass is 19.4. The molecule has 1 unspecified atom stereocenters. The Morgan fingerprint density at radius 3 is 2.37 bits per heavy atom. The van der Waals surface area contributed by atoms with Gasteiger partial charge in [-0.25, -0.2) is 0 Å². The highest BCUT2D eigenvalue weighted by Crippen LogP contribution is 2.49. The van der Waals surface area contributed by atoms with Gasteiger partial charge in [-0.05, 0) is 48.9 Å². The highest BCUT2D eigenvalue weighted by molar-refractivity contribution is 5.83. The molecule has 2 saturated heterocycles. The van der Waals surface area contributed by atoms with Crippen LogP contribution in [0.15, 0.2) is 54.6 Å². The minimum absolute atomic E-state index is 0.0251. The average molecular weight is 584 g/mol. The van der Waals surface area contributed by atoms with E-state index in [0.717, 1.165) is 22.6 Å². The third-order valence-electron chi connectivity index (χ3n) is 8.28. The maximum atomic E-state index is 13.6. The van der Waals surface area contributed by atoms with Gasteiger partial charge in [0, 0.05) is 31.6 Å². The van der Waals surface area contributed by atoms with Crippen molar-refractivity contribution in [1.29, 1.82) is 0 Å². The van der Waals surface area contributed by atoms with Crippen LogP contribution >= 0.6 is 0 Å². The number of benzene rings is 2. The van der Waals surface area contributed by atoms with E-state index in [0.29, 0.717) is 44.3 Å². The number of rotatable bonds is 7. The second-order valence-electron chi connectivity index (χ2n) is 11.1. The van der Waals surface area contributed by atoms with Crippen LogP contribution in [0.3, 0.4) is 0 Å². The third-order valence-corrected chi connectivity index (χ3v) is 8.28. The Labute approximate surface area is 233 Å². The van der Waals surface area contributed by atoms with Gasteiger partial charge in [0.2, 0.25) is 5.91 Å². The standard InChI is InChI=1S/C29H31F6N3O3/c30-28(31,32)21-8-4-5-19(13-21)16-36-25(39)17-37-11-9-27(10-12-37)15-22(18-41-27)38(26(40)29(33,34)35)24-14-23(24)20-6-2-1-3-7-20/h1-8,13,22-24H,9-12,14-18H2,(H,36,39)/t22?,23-,24+/m0/s1. The fourth-order valence-electron chi connectivity index (χ4n) is 6.06. The van der Waals surface area contributed by atoms with Crippen molar-refractivity contribution in [2.75, 3.05) is 26.2 Å². The second kappa shape index (κ2) is 11.3. The van der Waals surface area contributed by atoms with Crippen molar-refractivity contribution in [3.05, 3.63) is 71.3 Å². The van der Waals surface area contributed by atoms with Gasteiger partial charge < -0.3 is 15.0 Å². The summed E-state index contributed by atoms with van der Waals surface area (Å²) >= 11 is 0. The first-order valence-electron chi connectivity index (χ1n) is 13.6. The molecule has 1 N–H and O–H groups in total. The van der Waals surface area contributed by atoms with E-state index in [1.807, 2.05) is 35.2 Å². The predicted octanol–water partition coefficient (Wildman–Crippen LogP) is 4.89. The zero-order chi connectivity index (χ0) is 29.4. The highest BCUT2D eigenvalue weighted by Gasteiger charge is 2.57. The number of carbonyl (C=O) groups is 2. The molecule has 2 heterocycles. The van der Waals surface area contributed by atoms with Gasteiger partial charge in [0.25, 0.3) is 0 Å². The molecular formula is C29H31F6N3O3. The fraction of sp³-hybridized carbons (Fsp3) is 0.517. The summed E-state index contributed by atoms with van der Waals surface area (Å²) in [6.07, 6.45) is -7.70. The number of carbonyl (C=O) groups excluding carboxylic acids is 2. The fourth-order valence-corrected chi connectivity index (χ4v) is 6.06. The molecule has 3 aliphatic rings. The van der Waals surface area contributed by atoms with Crippen LogP contribution in [0.25, 0.3) is 0 Å². The van der Waals surface area contributed by atoms with Crippen LogP contribution in [-0.2, 0) is 27.0 Å². The largest absolute Gasteiger partial charge is 0.471 e. The number of alkyl halides is 6. The molecule has 222 valence electrons. The van der Waals surface area contributed by atoms with Gasteiger partial charge in [0.1, 0.15) is 0 Å². The predicted molar refractivity (Wildman–Crippen MR) is 137 cm³/mol. The first-order valence-corrected chi connectivity index (χ1v) is 13.6. The Kier molecular flexibility index (Phi) is 8.08. The molecule has 5 rings (SSSR count). The van der Waals surface area contributed by atoms with Crippen molar-refractivity contribution in [2.45, 2.75) is 68.2 Å². The number of nitrogens with one attached hydrogen (secondary N) is 1. The minimum Gasteiger partial charge on any atom is -0.373 e. The van der Waals surface area contributed by atoms with E-state index in [1.54, 1.807) is 0 Å². The van der Waals surface area contributed by atoms with Crippen molar-refractivity contribution >= 4 is 11.8 Å². The summed E-state index contributed by atoms with van der Waals surface area (Å²) in [4.78, 5) is 27.9. The van der Waals surface area contributed by atoms with Gasteiger partial charge >= 0.3 is 18.3 Å². The van der Waals surface area contributed by atoms with Crippen LogP contribution < -0.4 is 5.32 Å². The molecule has 1 spiro atoms. The Morgan fingerprint density at radius 1 is 1.00 bits per heavy atom. The van der Waals surface area contributed by atoms with Gasteiger partial charge in [-0.3, -0.25) is 14.5 Å². The monoisotopic (exact) mass is 583 g/mol. The van der Waals surface area contributed by atoms with Crippen molar-refractivity contribution in [3.8, 4) is 0 Å². The van der Waals surface area contributed by atoms with Gasteiger partial charge in [-0.2, -0.15) is 26.3 Å². The molecule has 1 saturated carbocycles. The second-order valence-corrected chi connectivity index (χ2v) is 11.1. The van der Waals surface area contributed by atoms with Crippen LogP contribution in [-0.4, -0.2) is 71.7 Å². The number of amides is 2. The molecule has 3 fully saturated rings. The number of halogens is 6. The maximum Gasteiger partial charge on any atom is 0.471 e. The third kappa shape index (κ3) is 6.86. The Balaban J connectivity index is 1.14. The van der Waals surface area contributed by atoms with E-state index >= 15 is 0 Å². The van der Waals surface area contributed by atoms with Crippen LogP contribution in [0, 0.1) is 0 Å². The van der Waals surface area contributed by atoms with Crippen LogP contribution in [0.5, 0.6) is 0 Å². The molecule has 2 aliphatic heterocycles. The topological polar surface area (TPSA) is 61.9 Å². The quantitative estimate of drug-likeness (QED) is 0.472. The van der Waals surface area contributed by atoms with E-state index < -0.39 is 41.5 Å². The first kappa shape index (κ1) is 29.4. The Bertz CT molecular complexity index is 1240. The van der Waals surface area contributed by atoms with E-state index in [2.05, 4.69) is 5.32 Å². The summed E-state index contributed by atoms with van der Waals surface area (Å²) in [6.45, 7) is 0.953. The van der Waals surface area contributed by atoms with Gasteiger partial charge in [-0.15, -0.1) is 0 Å². The van der Waals surface area contributed by atoms with Crippen molar-refractivity contribution in [3.63, 3.8) is 0 Å². The van der Waals surface area contributed by atoms with Crippen molar-refractivity contribution in [1.82, 2.24) is 15.1 Å². The summed E-state index contributed by atoms with van der Waals surface area (Å²) in [6, 6.07) is 12.7. The number of piperidine rings is 1. The van der Waals surface area contributed by atoms with Crippen molar-refractivity contribution < 1.29 is 40.7 Å². The smallest absolute Gasteiger partial charge is 0.373 e. The lowest BCUT2D eigenvalue weighted by atomic mass is 9.87. The Hall–Kier alpha value is -3.12. The Morgan fingerprint density at radius 2 is 1.71 bits per heavy atom. The van der Waals surface area contributed by atoms with E-state index in [9.17, 15) is 35.9 Å². The lowest BCUT2D eigenvalue weighted by molar-refractivity contribution is -0.188. The molecule has 2 aromatic rings. The summed E-state index contributed by atoms with van der Waals surface area (Å²) in [7, 11) is 0. The first-order chi connectivity index (χ1) is 19.3. The lowest BCUT2D eigenvalue weighted by Gasteiger charge is -2.39. The average Bonchev–Trinajstić information content (AvgIpc) is 3.61. The molecule has 2 amide bonds. The SMILES string of the molecule is O=C(CN1CCC2(CC1)CC(N(C(=O)C(F)(F)F)[C@@H]1C[C@H]1c1ccccc1)CO2)NCc1cccc(C(F)(F)F)c1. The summed E-state index contributed by atoms with van der Waals surface area (Å²) in [5.74, 6) is -2.32. The van der Waals surface area contributed by atoms with Gasteiger partial charge in [0.05, 0.1) is 30.4 Å². The number of hydrogen-bond donors (Lipinski definition) is 1. The zero-order valence-corrected chi connectivity index (χ0v) is 22.2. The number of hydrogen-bond acceptors (Lipinski definition) is 4. The van der Waals surface area contributed by atoms with Crippen LogP contribution in [0.2, 0.25) is 0 Å². The minimum atomic E-state index is -4.98. The van der Waals surface area contributed by atoms with E-state index in [1.165, 1.54) is 12.1 Å². The van der Waals surface area contributed by atoms with Gasteiger partial charge in [0.15, 0.2) is 0 Å². The zero-order valence-electron chi connectivity index (χ0n) is 22.2. The molecule has 12 heteroatoms. The number of likely N-dealkylation sites (tertiary alicyclic amines) is 1. The molecule has 6 nitrogen and oxygen atoms in total. The van der Waals surface area contributed by atoms with E-state index in [4.69, 9.17) is 4.74 Å². The molecule has 0 bridgehead atoms. The molecule has 0 radical (unpaired) electrons. The van der Waals surface area contributed by atoms with E-state index in [-0.39, 0.29) is 31.5 Å². The molecule has 41 heavy (non-hydrogen) atoms. The normalized spacial score (nSPS) is 24.3. The van der Waals surface area contributed by atoms with Crippen LogP contribution in [0.1, 0.15) is 48.3 Å². The molecule has 0 aromatic heterocycles. The number of nitrogens with zero attached hydrogens (tertiary/aromatic N) is 2.